The number of primary sulfonamides is 1. The van der Waals surface area contributed by atoms with E-state index in [9.17, 15) is 8.42 Å². The summed E-state index contributed by atoms with van der Waals surface area (Å²) in [6, 6.07) is 10.2. The molecule has 0 fully saturated rings. The summed E-state index contributed by atoms with van der Waals surface area (Å²) in [6.45, 7) is 2.24. The van der Waals surface area contributed by atoms with Crippen molar-refractivity contribution in [2.75, 3.05) is 0 Å². The molecule has 112 valence electrons. The van der Waals surface area contributed by atoms with E-state index in [1.165, 1.54) is 12.1 Å². The van der Waals surface area contributed by atoms with Gasteiger partial charge in [-0.2, -0.15) is 0 Å². The molecular formula is C14H13Cl2NO3S. The summed E-state index contributed by atoms with van der Waals surface area (Å²) >= 11 is 12.0. The molecule has 0 unspecified atom stereocenters. The molecule has 0 atom stereocenters. The maximum atomic E-state index is 11.3. The van der Waals surface area contributed by atoms with Gasteiger partial charge >= 0.3 is 0 Å². The van der Waals surface area contributed by atoms with E-state index in [2.05, 4.69) is 0 Å². The van der Waals surface area contributed by atoms with Gasteiger partial charge in [0, 0.05) is 0 Å². The van der Waals surface area contributed by atoms with Gasteiger partial charge in [-0.1, -0.05) is 47.5 Å². The number of halogens is 2. The zero-order chi connectivity index (χ0) is 15.6. The van der Waals surface area contributed by atoms with Crippen LogP contribution in [0.5, 0.6) is 5.75 Å². The first kappa shape index (κ1) is 16.1. The second-order valence-corrected chi connectivity index (χ2v) is 6.85. The van der Waals surface area contributed by atoms with E-state index in [1.54, 1.807) is 0 Å². The van der Waals surface area contributed by atoms with Gasteiger partial charge in [0.1, 0.15) is 6.61 Å². The van der Waals surface area contributed by atoms with Crippen molar-refractivity contribution in [3.05, 3.63) is 57.6 Å². The fraction of sp³-hybridized carbons (Fsp3) is 0.143. The fourth-order valence-electron chi connectivity index (χ4n) is 1.76. The van der Waals surface area contributed by atoms with Gasteiger partial charge in [-0.05, 0) is 30.2 Å². The second-order valence-electron chi connectivity index (χ2n) is 4.48. The maximum absolute atomic E-state index is 11.3. The van der Waals surface area contributed by atoms with Crippen LogP contribution >= 0.6 is 23.2 Å². The van der Waals surface area contributed by atoms with Gasteiger partial charge in [-0.25, -0.2) is 13.6 Å². The quantitative estimate of drug-likeness (QED) is 0.921. The number of rotatable bonds is 4. The first-order valence-corrected chi connectivity index (χ1v) is 8.28. The van der Waals surface area contributed by atoms with Crippen LogP contribution in [0.3, 0.4) is 0 Å². The minimum atomic E-state index is -3.86. The predicted octanol–water partition coefficient (Wildman–Crippen LogP) is 3.53. The molecule has 0 amide bonds. The maximum Gasteiger partial charge on any atom is 0.238 e. The molecule has 0 aliphatic carbocycles. The Hall–Kier alpha value is -1.27. The summed E-state index contributed by atoms with van der Waals surface area (Å²) in [5.74, 6) is 0.231. The highest BCUT2D eigenvalue weighted by Crippen LogP contribution is 2.35. The molecule has 0 saturated carbocycles. The van der Waals surface area contributed by atoms with Crippen molar-refractivity contribution in [1.29, 1.82) is 0 Å². The molecule has 0 heterocycles. The molecule has 0 saturated heterocycles. The highest BCUT2D eigenvalue weighted by atomic mass is 35.5. The fourth-order valence-corrected chi connectivity index (χ4v) is 3.05. The Kier molecular flexibility index (Phi) is 4.78. The van der Waals surface area contributed by atoms with Crippen LogP contribution in [0.1, 0.15) is 11.1 Å². The van der Waals surface area contributed by atoms with Gasteiger partial charge in [0.2, 0.25) is 10.0 Å². The molecule has 21 heavy (non-hydrogen) atoms. The van der Waals surface area contributed by atoms with E-state index in [0.717, 1.165) is 11.1 Å². The van der Waals surface area contributed by atoms with Crippen LogP contribution in [0.25, 0.3) is 0 Å². The Morgan fingerprint density at radius 3 is 2.24 bits per heavy atom. The molecule has 7 heteroatoms. The van der Waals surface area contributed by atoms with Crippen LogP contribution in [-0.4, -0.2) is 8.42 Å². The van der Waals surface area contributed by atoms with Crippen LogP contribution < -0.4 is 9.88 Å². The van der Waals surface area contributed by atoms with Crippen molar-refractivity contribution in [3.8, 4) is 5.75 Å². The second kappa shape index (κ2) is 6.23. The van der Waals surface area contributed by atoms with Crippen LogP contribution in [-0.2, 0) is 16.6 Å². The minimum Gasteiger partial charge on any atom is -0.486 e. The molecular weight excluding hydrogens is 333 g/mol. The minimum absolute atomic E-state index is 0.0973. The molecule has 0 aromatic heterocycles. The van der Waals surface area contributed by atoms with Gasteiger partial charge in [-0.15, -0.1) is 0 Å². The van der Waals surface area contributed by atoms with Crippen LogP contribution in [0.2, 0.25) is 10.0 Å². The number of nitrogens with two attached hydrogens (primary N) is 1. The molecule has 0 bridgehead atoms. The number of hydrogen-bond donors (Lipinski definition) is 1. The Balaban J connectivity index is 2.28. The zero-order valence-corrected chi connectivity index (χ0v) is 13.5. The third-order valence-corrected chi connectivity index (χ3v) is 4.39. The Morgan fingerprint density at radius 1 is 1.14 bits per heavy atom. The number of hydrogen-bond acceptors (Lipinski definition) is 3. The molecule has 4 nitrogen and oxygen atoms in total. The lowest BCUT2D eigenvalue weighted by molar-refractivity contribution is 0.305. The highest BCUT2D eigenvalue weighted by Gasteiger charge is 2.16. The summed E-state index contributed by atoms with van der Waals surface area (Å²) in [7, 11) is -3.86. The average molecular weight is 346 g/mol. The van der Waals surface area contributed by atoms with Crippen molar-refractivity contribution in [2.24, 2.45) is 5.14 Å². The first-order valence-electron chi connectivity index (χ1n) is 5.98. The van der Waals surface area contributed by atoms with Crippen molar-refractivity contribution in [3.63, 3.8) is 0 Å². The van der Waals surface area contributed by atoms with Crippen molar-refractivity contribution in [1.82, 2.24) is 0 Å². The Labute approximate surface area is 133 Å². The van der Waals surface area contributed by atoms with Crippen molar-refractivity contribution in [2.45, 2.75) is 18.4 Å². The predicted molar refractivity (Wildman–Crippen MR) is 83.3 cm³/mol. The van der Waals surface area contributed by atoms with Gasteiger partial charge in [0.25, 0.3) is 0 Å². The smallest absolute Gasteiger partial charge is 0.238 e. The van der Waals surface area contributed by atoms with Gasteiger partial charge < -0.3 is 4.74 Å². The van der Waals surface area contributed by atoms with E-state index >= 15 is 0 Å². The van der Waals surface area contributed by atoms with E-state index in [0.29, 0.717) is 0 Å². The van der Waals surface area contributed by atoms with E-state index < -0.39 is 10.0 Å². The number of benzene rings is 2. The third kappa shape index (κ3) is 3.89. The molecule has 0 aliphatic rings. The first-order chi connectivity index (χ1) is 9.79. The van der Waals surface area contributed by atoms with Crippen molar-refractivity contribution >= 4 is 33.2 Å². The number of sulfonamides is 1. The third-order valence-electron chi connectivity index (χ3n) is 2.93. The van der Waals surface area contributed by atoms with E-state index in [1.807, 2.05) is 31.2 Å². The standard InChI is InChI=1S/C14H13Cl2NO3S/c1-9-4-2-3-5-10(9)8-20-14-12(15)6-11(7-13(14)16)21(17,18)19/h2-7H,8H2,1H3,(H2,17,18,19). The molecule has 2 N–H and O–H groups in total. The highest BCUT2D eigenvalue weighted by molar-refractivity contribution is 7.89. The van der Waals surface area contributed by atoms with Gasteiger partial charge in [0.15, 0.2) is 5.75 Å². The lowest BCUT2D eigenvalue weighted by Crippen LogP contribution is -2.12. The Bertz CT molecular complexity index is 753. The van der Waals surface area contributed by atoms with Gasteiger partial charge in [-0.3, -0.25) is 0 Å². The SMILES string of the molecule is Cc1ccccc1COc1c(Cl)cc(S(N)(=O)=O)cc1Cl. The number of aryl methyl sites for hydroxylation is 1. The number of ether oxygens (including phenoxy) is 1. The molecule has 2 aromatic carbocycles. The normalized spacial score (nSPS) is 11.4. The lowest BCUT2D eigenvalue weighted by atomic mass is 10.1. The Morgan fingerprint density at radius 2 is 1.71 bits per heavy atom. The average Bonchev–Trinajstić information content (AvgIpc) is 2.38. The molecule has 2 rings (SSSR count). The molecule has 0 aliphatic heterocycles. The zero-order valence-electron chi connectivity index (χ0n) is 11.1. The van der Waals surface area contributed by atoms with E-state index in [-0.39, 0.29) is 27.3 Å². The topological polar surface area (TPSA) is 69.4 Å². The van der Waals surface area contributed by atoms with Crippen LogP contribution in [0.4, 0.5) is 0 Å². The lowest BCUT2D eigenvalue weighted by Gasteiger charge is -2.12. The summed E-state index contributed by atoms with van der Waals surface area (Å²) in [5, 5.41) is 5.24. The summed E-state index contributed by atoms with van der Waals surface area (Å²) in [5.41, 5.74) is 2.06. The van der Waals surface area contributed by atoms with E-state index in [4.69, 9.17) is 33.1 Å². The summed E-state index contributed by atoms with van der Waals surface area (Å²) in [4.78, 5) is -0.152. The molecule has 0 spiro atoms. The summed E-state index contributed by atoms with van der Waals surface area (Å²) in [6.07, 6.45) is 0. The van der Waals surface area contributed by atoms with Crippen LogP contribution in [0.15, 0.2) is 41.3 Å². The largest absolute Gasteiger partial charge is 0.486 e. The summed E-state index contributed by atoms with van der Waals surface area (Å²) < 4.78 is 28.2. The molecule has 0 radical (unpaired) electrons. The molecule has 2 aromatic rings. The monoisotopic (exact) mass is 345 g/mol. The van der Waals surface area contributed by atoms with Crippen LogP contribution in [0, 0.1) is 6.92 Å². The van der Waals surface area contributed by atoms with Gasteiger partial charge in [0.05, 0.1) is 14.9 Å². The van der Waals surface area contributed by atoms with Crippen molar-refractivity contribution < 1.29 is 13.2 Å².